The maximum Gasteiger partial charge on any atom is -0.0286 e. The summed E-state index contributed by atoms with van der Waals surface area (Å²) >= 11 is 0. The van der Waals surface area contributed by atoms with Crippen LogP contribution in [-0.4, -0.2) is 0 Å². The Morgan fingerprint density at radius 1 is 0.933 bits per heavy atom. The Morgan fingerprint density at radius 3 is 2.07 bits per heavy atom. The van der Waals surface area contributed by atoms with Gasteiger partial charge in [0.1, 0.15) is 0 Å². The topological polar surface area (TPSA) is 0 Å². The first-order valence-corrected chi connectivity index (χ1v) is 6.13. The van der Waals surface area contributed by atoms with Crippen molar-refractivity contribution in [1.29, 1.82) is 0 Å². The van der Waals surface area contributed by atoms with Crippen molar-refractivity contribution in [3.8, 4) is 0 Å². The highest BCUT2D eigenvalue weighted by Crippen LogP contribution is 2.12. The van der Waals surface area contributed by atoms with Crippen LogP contribution in [0.15, 0.2) is 35.5 Å². The van der Waals surface area contributed by atoms with Crippen LogP contribution in [0.25, 0.3) is 0 Å². The first kappa shape index (κ1) is 14.2. The normalized spacial score (nSPS) is 13.9. The van der Waals surface area contributed by atoms with Crippen LogP contribution in [0.2, 0.25) is 0 Å². The van der Waals surface area contributed by atoms with Gasteiger partial charge in [-0.05, 0) is 52.9 Å². The zero-order valence-corrected chi connectivity index (χ0v) is 10.8. The number of allylic oxidation sites excluding steroid dienone is 6. The van der Waals surface area contributed by atoms with Gasteiger partial charge in [0.25, 0.3) is 0 Å². The van der Waals surface area contributed by atoms with Crippen molar-refractivity contribution >= 4 is 0 Å². The molecule has 0 unspecified atom stereocenters. The van der Waals surface area contributed by atoms with E-state index in [0.29, 0.717) is 0 Å². The first-order chi connectivity index (χ1) is 7.20. The predicted octanol–water partition coefficient (Wildman–Crippen LogP) is 5.43. The van der Waals surface area contributed by atoms with Crippen LogP contribution in [0.3, 0.4) is 0 Å². The van der Waals surface area contributed by atoms with E-state index in [1.54, 1.807) is 0 Å². The summed E-state index contributed by atoms with van der Waals surface area (Å²) in [4.78, 5) is 0. The average molecular weight is 206 g/mol. The number of hydrogen-bond donors (Lipinski definition) is 0. The Hall–Kier alpha value is -0.780. The van der Waals surface area contributed by atoms with Crippen LogP contribution in [0.4, 0.5) is 0 Å². The molecule has 0 atom stereocenters. The lowest BCUT2D eigenvalue weighted by Gasteiger charge is -2.02. The SMILES string of the molecule is C/C=C/CC/C=C(\C)CC/C(C)=C/CC. The van der Waals surface area contributed by atoms with Crippen LogP contribution in [0.1, 0.15) is 59.8 Å². The maximum absolute atomic E-state index is 2.37. The van der Waals surface area contributed by atoms with Crippen molar-refractivity contribution in [2.75, 3.05) is 0 Å². The number of hydrogen-bond acceptors (Lipinski definition) is 0. The van der Waals surface area contributed by atoms with Gasteiger partial charge in [-0.25, -0.2) is 0 Å². The number of unbranched alkanes of at least 4 members (excludes halogenated alkanes) is 1. The van der Waals surface area contributed by atoms with Gasteiger partial charge in [0, 0.05) is 0 Å². The van der Waals surface area contributed by atoms with E-state index in [2.05, 4.69) is 52.0 Å². The minimum atomic E-state index is 1.16. The fourth-order valence-corrected chi connectivity index (χ4v) is 1.54. The molecule has 15 heavy (non-hydrogen) atoms. The molecular weight excluding hydrogens is 180 g/mol. The zero-order chi connectivity index (χ0) is 11.5. The highest BCUT2D eigenvalue weighted by molar-refractivity contribution is 5.05. The van der Waals surface area contributed by atoms with E-state index in [1.165, 1.54) is 36.8 Å². The van der Waals surface area contributed by atoms with Gasteiger partial charge in [-0.15, -0.1) is 0 Å². The van der Waals surface area contributed by atoms with Gasteiger partial charge in [0.2, 0.25) is 0 Å². The fraction of sp³-hybridized carbons (Fsp3) is 0.600. The predicted molar refractivity (Wildman–Crippen MR) is 71.1 cm³/mol. The molecule has 86 valence electrons. The molecule has 0 aliphatic heterocycles. The van der Waals surface area contributed by atoms with Crippen LogP contribution in [-0.2, 0) is 0 Å². The Morgan fingerprint density at radius 2 is 1.53 bits per heavy atom. The third-order valence-corrected chi connectivity index (χ3v) is 2.53. The van der Waals surface area contributed by atoms with Crippen LogP contribution in [0.5, 0.6) is 0 Å². The van der Waals surface area contributed by atoms with Gasteiger partial charge < -0.3 is 0 Å². The minimum Gasteiger partial charge on any atom is -0.0917 e. The molecule has 0 fully saturated rings. The molecule has 0 saturated carbocycles. The highest BCUT2D eigenvalue weighted by atomic mass is 14.0. The van der Waals surface area contributed by atoms with Gasteiger partial charge in [-0.1, -0.05) is 42.4 Å². The third-order valence-electron chi connectivity index (χ3n) is 2.53. The van der Waals surface area contributed by atoms with Crippen molar-refractivity contribution in [2.24, 2.45) is 0 Å². The molecule has 0 saturated heterocycles. The summed E-state index contributed by atoms with van der Waals surface area (Å²) in [5.74, 6) is 0. The lowest BCUT2D eigenvalue weighted by Crippen LogP contribution is -1.81. The van der Waals surface area contributed by atoms with Gasteiger partial charge >= 0.3 is 0 Å². The Bertz CT molecular complexity index is 228. The highest BCUT2D eigenvalue weighted by Gasteiger charge is 1.92. The van der Waals surface area contributed by atoms with E-state index < -0.39 is 0 Å². The minimum absolute atomic E-state index is 1.16. The Labute approximate surface area is 95.8 Å². The molecule has 0 radical (unpaired) electrons. The molecule has 0 aliphatic carbocycles. The molecule has 0 heterocycles. The summed E-state index contributed by atoms with van der Waals surface area (Å²) in [6.07, 6.45) is 15.0. The van der Waals surface area contributed by atoms with E-state index in [-0.39, 0.29) is 0 Å². The van der Waals surface area contributed by atoms with Gasteiger partial charge in [0.15, 0.2) is 0 Å². The fourth-order valence-electron chi connectivity index (χ4n) is 1.54. The molecule has 0 nitrogen and oxygen atoms in total. The van der Waals surface area contributed by atoms with Crippen molar-refractivity contribution in [3.05, 3.63) is 35.5 Å². The average Bonchev–Trinajstić information content (AvgIpc) is 2.22. The van der Waals surface area contributed by atoms with Crippen molar-refractivity contribution in [3.63, 3.8) is 0 Å². The molecule has 0 aromatic heterocycles. The lowest BCUT2D eigenvalue weighted by atomic mass is 10.0. The summed E-state index contributed by atoms with van der Waals surface area (Å²) in [6.45, 7) is 8.75. The first-order valence-electron chi connectivity index (χ1n) is 6.13. The standard InChI is InChI=1S/C15H26/c1-5-7-8-9-11-15(4)13-12-14(3)10-6-2/h5,7,10-11H,6,8-9,12-13H2,1-4H3/b7-5+,14-10+,15-11+. The molecule has 0 aromatic rings. The quantitative estimate of drug-likeness (QED) is 0.385. The second-order valence-corrected chi connectivity index (χ2v) is 4.16. The summed E-state index contributed by atoms with van der Waals surface area (Å²) in [6, 6.07) is 0. The second kappa shape index (κ2) is 9.76. The zero-order valence-electron chi connectivity index (χ0n) is 10.8. The monoisotopic (exact) mass is 206 g/mol. The molecule has 0 heteroatoms. The van der Waals surface area contributed by atoms with Gasteiger partial charge in [0.05, 0.1) is 0 Å². The smallest absolute Gasteiger partial charge is 0.0286 e. The van der Waals surface area contributed by atoms with Gasteiger partial charge in [-0.3, -0.25) is 0 Å². The Kier molecular flexibility index (Phi) is 9.26. The largest absolute Gasteiger partial charge is 0.0917 e. The van der Waals surface area contributed by atoms with Crippen molar-refractivity contribution < 1.29 is 0 Å². The lowest BCUT2D eigenvalue weighted by molar-refractivity contribution is 0.897. The molecule has 0 rings (SSSR count). The van der Waals surface area contributed by atoms with Crippen LogP contribution >= 0.6 is 0 Å². The summed E-state index contributed by atoms with van der Waals surface area (Å²) in [5.41, 5.74) is 3.06. The summed E-state index contributed by atoms with van der Waals surface area (Å²) < 4.78 is 0. The summed E-state index contributed by atoms with van der Waals surface area (Å²) in [7, 11) is 0. The molecule has 0 aromatic carbocycles. The maximum atomic E-state index is 2.37. The van der Waals surface area contributed by atoms with E-state index >= 15 is 0 Å². The molecular formula is C15H26. The Balaban J connectivity index is 3.72. The number of rotatable bonds is 7. The van der Waals surface area contributed by atoms with E-state index in [9.17, 15) is 0 Å². The summed E-state index contributed by atoms with van der Waals surface area (Å²) in [5, 5.41) is 0. The molecule has 0 spiro atoms. The molecule has 0 aliphatic rings. The van der Waals surface area contributed by atoms with E-state index in [0.717, 1.165) is 6.42 Å². The second-order valence-electron chi connectivity index (χ2n) is 4.16. The van der Waals surface area contributed by atoms with E-state index in [1.807, 2.05) is 0 Å². The molecule has 0 N–H and O–H groups in total. The van der Waals surface area contributed by atoms with Crippen LogP contribution < -0.4 is 0 Å². The molecule has 0 bridgehead atoms. The molecule has 0 amide bonds. The van der Waals surface area contributed by atoms with Crippen molar-refractivity contribution in [2.45, 2.75) is 59.8 Å². The van der Waals surface area contributed by atoms with Gasteiger partial charge in [-0.2, -0.15) is 0 Å². The third kappa shape index (κ3) is 9.52. The van der Waals surface area contributed by atoms with Crippen LogP contribution in [0, 0.1) is 0 Å². The van der Waals surface area contributed by atoms with Crippen molar-refractivity contribution in [1.82, 2.24) is 0 Å². The van der Waals surface area contributed by atoms with E-state index in [4.69, 9.17) is 0 Å².